The van der Waals surface area contributed by atoms with Gasteiger partial charge in [0.25, 0.3) is 5.91 Å². The van der Waals surface area contributed by atoms with Gasteiger partial charge in [0.15, 0.2) is 17.4 Å². The fourth-order valence-electron chi connectivity index (χ4n) is 1.23. The smallest absolute Gasteiger partial charge is 0.358 e. The highest BCUT2D eigenvalue weighted by Crippen LogP contribution is 2.15. The lowest BCUT2D eigenvalue weighted by atomic mass is 10.2. The van der Waals surface area contributed by atoms with Crippen molar-refractivity contribution in [1.82, 2.24) is 10.3 Å². The van der Waals surface area contributed by atoms with E-state index in [1.54, 1.807) is 11.5 Å². The molecule has 0 radical (unpaired) electrons. The Hall–Kier alpha value is -1.89. The van der Waals surface area contributed by atoms with E-state index in [1.807, 2.05) is 13.8 Å². The van der Waals surface area contributed by atoms with Gasteiger partial charge in [-0.05, 0) is 13.3 Å². The molecule has 0 fully saturated rings. The van der Waals surface area contributed by atoms with Crippen LogP contribution in [0.2, 0.25) is 0 Å². The first-order valence-corrected chi connectivity index (χ1v) is 7.21. The van der Waals surface area contributed by atoms with Gasteiger partial charge in [-0.3, -0.25) is 4.79 Å². The summed E-state index contributed by atoms with van der Waals surface area (Å²) < 4.78 is 4.90. The summed E-state index contributed by atoms with van der Waals surface area (Å²) in [4.78, 5) is 27.2. The highest BCUT2D eigenvalue weighted by molar-refractivity contribution is 7.13. The molecule has 0 bridgehead atoms. The van der Waals surface area contributed by atoms with Gasteiger partial charge in [-0.15, -0.1) is 17.9 Å². The van der Waals surface area contributed by atoms with Crippen molar-refractivity contribution in [3.63, 3.8) is 0 Å². The Labute approximate surface area is 122 Å². The quantitative estimate of drug-likeness (QED) is 0.565. The summed E-state index contributed by atoms with van der Waals surface area (Å²) in [7, 11) is 0. The zero-order valence-corrected chi connectivity index (χ0v) is 12.5. The maximum atomic E-state index is 11.7. The summed E-state index contributed by atoms with van der Waals surface area (Å²) in [5.74, 6) is -0.917. The normalized spacial score (nSPS) is 11.5. The van der Waals surface area contributed by atoms with Crippen LogP contribution in [-0.2, 0) is 9.53 Å². The minimum absolute atomic E-state index is 0.0650. The van der Waals surface area contributed by atoms with E-state index in [-0.39, 0.29) is 24.2 Å². The van der Waals surface area contributed by atoms with Crippen LogP contribution in [-0.4, -0.2) is 36.1 Å². The second-order valence-corrected chi connectivity index (χ2v) is 5.02. The molecule has 7 heteroatoms. The van der Waals surface area contributed by atoms with Crippen molar-refractivity contribution >= 4 is 28.3 Å². The Balaban J connectivity index is 2.40. The number of thiazole rings is 1. The van der Waals surface area contributed by atoms with Crippen LogP contribution in [0.15, 0.2) is 18.0 Å². The van der Waals surface area contributed by atoms with Crippen molar-refractivity contribution in [2.45, 2.75) is 26.3 Å². The molecule has 0 aliphatic rings. The first kappa shape index (κ1) is 16.2. The summed E-state index contributed by atoms with van der Waals surface area (Å²) in [5, 5.41) is 7.88. The molecule has 1 aromatic heterocycles. The van der Waals surface area contributed by atoms with Gasteiger partial charge in [0.1, 0.15) is 0 Å². The molecule has 0 spiro atoms. The lowest BCUT2D eigenvalue weighted by Crippen LogP contribution is -2.35. The van der Waals surface area contributed by atoms with Crippen LogP contribution in [0, 0.1) is 0 Å². The fourth-order valence-corrected chi connectivity index (χ4v) is 1.92. The predicted molar refractivity (Wildman–Crippen MR) is 79.0 cm³/mol. The third-order valence-electron chi connectivity index (χ3n) is 2.47. The molecule has 110 valence electrons. The van der Waals surface area contributed by atoms with Crippen LogP contribution in [0.3, 0.4) is 0 Å². The molecule has 0 unspecified atom stereocenters. The molecule has 0 aromatic carbocycles. The van der Waals surface area contributed by atoms with Crippen molar-refractivity contribution in [3.8, 4) is 0 Å². The number of hydrogen-bond donors (Lipinski definition) is 2. The second kappa shape index (κ2) is 8.31. The second-order valence-electron chi connectivity index (χ2n) is 4.16. The molecular formula is C13H19N3O3S. The molecule has 6 nitrogen and oxygen atoms in total. The molecule has 1 rings (SSSR count). The van der Waals surface area contributed by atoms with Crippen molar-refractivity contribution < 1.29 is 14.3 Å². The number of aromatic nitrogens is 1. The van der Waals surface area contributed by atoms with Crippen molar-refractivity contribution in [2.75, 3.05) is 18.5 Å². The SMILES string of the molecule is C=CCNc1nc(C(=O)OCC(=O)N[C@@H](C)CC)cs1. The molecule has 1 atom stereocenters. The average Bonchev–Trinajstić information content (AvgIpc) is 2.91. The van der Waals surface area contributed by atoms with E-state index in [0.717, 1.165) is 6.42 Å². The molecule has 0 saturated heterocycles. The number of ether oxygens (including phenoxy) is 1. The first-order chi connectivity index (χ1) is 9.56. The maximum Gasteiger partial charge on any atom is 0.358 e. The molecule has 1 heterocycles. The Morgan fingerprint density at radius 3 is 3.00 bits per heavy atom. The lowest BCUT2D eigenvalue weighted by molar-refractivity contribution is -0.124. The molecular weight excluding hydrogens is 278 g/mol. The predicted octanol–water partition coefficient (Wildman–Crippen LogP) is 1.81. The summed E-state index contributed by atoms with van der Waals surface area (Å²) in [6, 6.07) is 0.0650. The van der Waals surface area contributed by atoms with E-state index in [9.17, 15) is 9.59 Å². The van der Waals surface area contributed by atoms with Crippen LogP contribution in [0.5, 0.6) is 0 Å². The number of esters is 1. The van der Waals surface area contributed by atoms with E-state index >= 15 is 0 Å². The first-order valence-electron chi connectivity index (χ1n) is 6.33. The van der Waals surface area contributed by atoms with Crippen LogP contribution < -0.4 is 10.6 Å². The third-order valence-corrected chi connectivity index (χ3v) is 3.27. The summed E-state index contributed by atoms with van der Waals surface area (Å²) in [6.07, 6.45) is 2.52. The number of carbonyl (C=O) groups excluding carboxylic acids is 2. The minimum Gasteiger partial charge on any atom is -0.451 e. The van der Waals surface area contributed by atoms with Gasteiger partial charge in [-0.2, -0.15) is 0 Å². The van der Waals surface area contributed by atoms with Crippen LogP contribution in [0.4, 0.5) is 5.13 Å². The number of anilines is 1. The van der Waals surface area contributed by atoms with Crippen LogP contribution >= 0.6 is 11.3 Å². The number of nitrogens with one attached hydrogen (secondary N) is 2. The Morgan fingerprint density at radius 1 is 1.60 bits per heavy atom. The number of rotatable bonds is 8. The molecule has 20 heavy (non-hydrogen) atoms. The van der Waals surface area contributed by atoms with Gasteiger partial charge >= 0.3 is 5.97 Å². The standard InChI is InChI=1S/C13H19N3O3S/c1-4-6-14-13-16-10(8-20-13)12(18)19-7-11(17)15-9(3)5-2/h4,8-9H,1,5-7H2,2-3H3,(H,14,16)(H,15,17)/t9-/m0/s1. The highest BCUT2D eigenvalue weighted by atomic mass is 32.1. The van der Waals surface area contributed by atoms with E-state index in [2.05, 4.69) is 22.2 Å². The van der Waals surface area contributed by atoms with Crippen molar-refractivity contribution in [2.24, 2.45) is 0 Å². The molecule has 0 aliphatic heterocycles. The number of nitrogens with zero attached hydrogens (tertiary/aromatic N) is 1. The lowest BCUT2D eigenvalue weighted by Gasteiger charge is -2.10. The van der Waals surface area contributed by atoms with Crippen molar-refractivity contribution in [1.29, 1.82) is 0 Å². The van der Waals surface area contributed by atoms with E-state index < -0.39 is 5.97 Å². The van der Waals surface area contributed by atoms with E-state index in [0.29, 0.717) is 11.7 Å². The topological polar surface area (TPSA) is 80.3 Å². The van der Waals surface area contributed by atoms with Gasteiger partial charge in [0.05, 0.1) is 0 Å². The van der Waals surface area contributed by atoms with Gasteiger partial charge < -0.3 is 15.4 Å². The van der Waals surface area contributed by atoms with Gasteiger partial charge in [-0.1, -0.05) is 13.0 Å². The zero-order chi connectivity index (χ0) is 15.0. The van der Waals surface area contributed by atoms with Crippen LogP contribution in [0.25, 0.3) is 0 Å². The average molecular weight is 297 g/mol. The monoisotopic (exact) mass is 297 g/mol. The van der Waals surface area contributed by atoms with Gasteiger partial charge in [0, 0.05) is 18.0 Å². The fraction of sp³-hybridized carbons (Fsp3) is 0.462. The van der Waals surface area contributed by atoms with E-state index in [1.165, 1.54) is 11.3 Å². The zero-order valence-electron chi connectivity index (χ0n) is 11.6. The highest BCUT2D eigenvalue weighted by Gasteiger charge is 2.14. The van der Waals surface area contributed by atoms with Crippen LogP contribution in [0.1, 0.15) is 30.8 Å². The van der Waals surface area contributed by atoms with Gasteiger partial charge in [0.2, 0.25) is 0 Å². The summed E-state index contributed by atoms with van der Waals surface area (Å²) >= 11 is 1.29. The summed E-state index contributed by atoms with van der Waals surface area (Å²) in [5.41, 5.74) is 0.193. The Morgan fingerprint density at radius 2 is 2.35 bits per heavy atom. The maximum absolute atomic E-state index is 11.7. The molecule has 0 aliphatic carbocycles. The third kappa shape index (κ3) is 5.40. The number of hydrogen-bond acceptors (Lipinski definition) is 6. The van der Waals surface area contributed by atoms with Crippen molar-refractivity contribution in [3.05, 3.63) is 23.7 Å². The number of amides is 1. The molecule has 1 aromatic rings. The Bertz CT molecular complexity index is 473. The molecule has 0 saturated carbocycles. The van der Waals surface area contributed by atoms with Gasteiger partial charge in [-0.25, -0.2) is 9.78 Å². The molecule has 1 amide bonds. The molecule has 2 N–H and O–H groups in total. The summed E-state index contributed by atoms with van der Waals surface area (Å²) in [6.45, 7) is 7.70. The number of carbonyl (C=O) groups is 2. The minimum atomic E-state index is -0.604. The largest absolute Gasteiger partial charge is 0.451 e. The Kier molecular flexibility index (Phi) is 6.72. The van der Waals surface area contributed by atoms with E-state index in [4.69, 9.17) is 4.74 Å².